The van der Waals surface area contributed by atoms with Crippen molar-refractivity contribution in [3.05, 3.63) is 47.1 Å². The van der Waals surface area contributed by atoms with Crippen molar-refractivity contribution in [3.63, 3.8) is 0 Å². The number of aromatic nitrogens is 2. The average Bonchev–Trinajstić information content (AvgIpc) is 2.76. The van der Waals surface area contributed by atoms with Crippen molar-refractivity contribution < 1.29 is 4.52 Å². The maximum Gasteiger partial charge on any atom is 0.231 e. The van der Waals surface area contributed by atoms with E-state index in [0.717, 1.165) is 5.56 Å². The van der Waals surface area contributed by atoms with Gasteiger partial charge in [0.05, 0.1) is 12.5 Å². The fourth-order valence-corrected chi connectivity index (χ4v) is 1.96. The minimum Gasteiger partial charge on any atom is -0.339 e. The fraction of sp³-hybridized carbons (Fsp3) is 0.429. The minimum atomic E-state index is -0.218. The number of benzene rings is 1. The van der Waals surface area contributed by atoms with Gasteiger partial charge in [0.2, 0.25) is 5.89 Å². The van der Waals surface area contributed by atoms with E-state index in [9.17, 15) is 0 Å². The zero-order valence-corrected chi connectivity index (χ0v) is 11.6. The molecule has 5 nitrogen and oxygen atoms in total. The number of hydrogen-bond donors (Lipinski definition) is 1. The zero-order valence-electron chi connectivity index (χ0n) is 11.6. The smallest absolute Gasteiger partial charge is 0.231 e. The van der Waals surface area contributed by atoms with Crippen LogP contribution >= 0.6 is 0 Å². The van der Waals surface area contributed by atoms with Gasteiger partial charge in [-0.05, 0) is 26.6 Å². The van der Waals surface area contributed by atoms with Crippen LogP contribution in [0.4, 0.5) is 0 Å². The van der Waals surface area contributed by atoms with Crippen molar-refractivity contribution in [1.29, 1.82) is 0 Å². The van der Waals surface area contributed by atoms with Crippen LogP contribution in [0, 0.1) is 6.92 Å². The summed E-state index contributed by atoms with van der Waals surface area (Å²) in [5.41, 5.74) is 8.39. The van der Waals surface area contributed by atoms with Crippen molar-refractivity contribution >= 4 is 0 Å². The SMILES string of the molecule is Cc1cccc(Cc2nc(C(N)CN(C)C)no2)c1. The van der Waals surface area contributed by atoms with Crippen molar-refractivity contribution in [2.75, 3.05) is 20.6 Å². The van der Waals surface area contributed by atoms with Gasteiger partial charge in [0.15, 0.2) is 5.82 Å². The van der Waals surface area contributed by atoms with Gasteiger partial charge in [-0.3, -0.25) is 0 Å². The minimum absolute atomic E-state index is 0.218. The van der Waals surface area contributed by atoms with Gasteiger partial charge in [-0.15, -0.1) is 0 Å². The van der Waals surface area contributed by atoms with Gasteiger partial charge in [0.1, 0.15) is 0 Å². The molecule has 102 valence electrons. The predicted molar refractivity (Wildman–Crippen MR) is 73.8 cm³/mol. The van der Waals surface area contributed by atoms with Gasteiger partial charge in [-0.25, -0.2) is 0 Å². The van der Waals surface area contributed by atoms with E-state index in [1.54, 1.807) is 0 Å². The topological polar surface area (TPSA) is 68.2 Å². The second-order valence-corrected chi connectivity index (χ2v) is 5.08. The van der Waals surface area contributed by atoms with Crippen LogP contribution in [-0.2, 0) is 6.42 Å². The Labute approximate surface area is 113 Å². The van der Waals surface area contributed by atoms with Crippen LogP contribution in [0.15, 0.2) is 28.8 Å². The highest BCUT2D eigenvalue weighted by molar-refractivity contribution is 5.24. The molecule has 0 aliphatic carbocycles. The molecule has 1 heterocycles. The molecule has 19 heavy (non-hydrogen) atoms. The number of aryl methyl sites for hydroxylation is 1. The molecule has 0 amide bonds. The summed E-state index contributed by atoms with van der Waals surface area (Å²) in [5, 5.41) is 3.95. The second kappa shape index (κ2) is 5.95. The van der Waals surface area contributed by atoms with Gasteiger partial charge in [-0.1, -0.05) is 35.0 Å². The summed E-state index contributed by atoms with van der Waals surface area (Å²) in [4.78, 5) is 6.36. The second-order valence-electron chi connectivity index (χ2n) is 5.08. The van der Waals surface area contributed by atoms with E-state index in [1.807, 2.05) is 25.1 Å². The Morgan fingerprint density at radius 1 is 1.37 bits per heavy atom. The molecule has 1 unspecified atom stereocenters. The van der Waals surface area contributed by atoms with E-state index in [0.29, 0.717) is 24.7 Å². The Hall–Kier alpha value is -1.72. The lowest BCUT2D eigenvalue weighted by Crippen LogP contribution is -2.26. The molecule has 1 aromatic heterocycles. The maximum atomic E-state index is 6.00. The van der Waals surface area contributed by atoms with Crippen molar-refractivity contribution in [1.82, 2.24) is 15.0 Å². The first kappa shape index (κ1) is 13.7. The summed E-state index contributed by atoms with van der Waals surface area (Å²) < 4.78 is 5.25. The Bertz CT molecular complexity index is 536. The van der Waals surface area contributed by atoms with E-state index in [2.05, 4.69) is 35.3 Å². The van der Waals surface area contributed by atoms with Crippen LogP contribution in [-0.4, -0.2) is 35.7 Å². The van der Waals surface area contributed by atoms with Crippen LogP contribution in [0.1, 0.15) is 28.9 Å². The average molecular weight is 260 g/mol. The highest BCUT2D eigenvalue weighted by Gasteiger charge is 2.15. The quantitative estimate of drug-likeness (QED) is 0.883. The number of rotatable bonds is 5. The van der Waals surface area contributed by atoms with Crippen molar-refractivity contribution in [2.45, 2.75) is 19.4 Å². The molecule has 1 atom stereocenters. The maximum absolute atomic E-state index is 6.00. The lowest BCUT2D eigenvalue weighted by atomic mass is 10.1. The molecule has 2 aromatic rings. The van der Waals surface area contributed by atoms with Crippen molar-refractivity contribution in [2.24, 2.45) is 5.73 Å². The van der Waals surface area contributed by atoms with Crippen LogP contribution in [0.25, 0.3) is 0 Å². The van der Waals surface area contributed by atoms with Crippen LogP contribution < -0.4 is 5.73 Å². The summed E-state index contributed by atoms with van der Waals surface area (Å²) >= 11 is 0. The molecule has 2 rings (SSSR count). The van der Waals surface area contributed by atoms with E-state index < -0.39 is 0 Å². The summed E-state index contributed by atoms with van der Waals surface area (Å²) in [6.45, 7) is 2.76. The molecule has 0 aliphatic rings. The molecule has 0 aliphatic heterocycles. The molecule has 2 N–H and O–H groups in total. The monoisotopic (exact) mass is 260 g/mol. The summed E-state index contributed by atoms with van der Waals surface area (Å²) in [7, 11) is 3.93. The third-order valence-corrected chi connectivity index (χ3v) is 2.82. The fourth-order valence-electron chi connectivity index (χ4n) is 1.96. The predicted octanol–water partition coefficient (Wildman–Crippen LogP) is 1.53. The Morgan fingerprint density at radius 2 is 2.16 bits per heavy atom. The van der Waals surface area contributed by atoms with Crippen molar-refractivity contribution in [3.8, 4) is 0 Å². The molecule has 5 heteroatoms. The molecule has 0 radical (unpaired) electrons. The van der Waals surface area contributed by atoms with Gasteiger partial charge < -0.3 is 15.2 Å². The van der Waals surface area contributed by atoms with E-state index in [-0.39, 0.29) is 6.04 Å². The van der Waals surface area contributed by atoms with Crippen LogP contribution in [0.5, 0.6) is 0 Å². The summed E-state index contributed by atoms with van der Waals surface area (Å²) in [6.07, 6.45) is 0.642. The highest BCUT2D eigenvalue weighted by Crippen LogP contribution is 2.12. The lowest BCUT2D eigenvalue weighted by molar-refractivity contribution is 0.348. The largest absolute Gasteiger partial charge is 0.339 e. The standard InChI is InChI=1S/C14H20N4O/c1-10-5-4-6-11(7-10)8-13-16-14(17-19-13)12(15)9-18(2)3/h4-7,12H,8-9,15H2,1-3H3. The van der Waals surface area contributed by atoms with E-state index >= 15 is 0 Å². The molecular weight excluding hydrogens is 240 g/mol. The molecule has 0 bridgehead atoms. The Balaban J connectivity index is 2.05. The molecule has 0 fully saturated rings. The lowest BCUT2D eigenvalue weighted by Gasteiger charge is -2.12. The first-order valence-corrected chi connectivity index (χ1v) is 6.33. The van der Waals surface area contributed by atoms with Gasteiger partial charge in [0, 0.05) is 6.54 Å². The molecule has 0 spiro atoms. The number of hydrogen-bond acceptors (Lipinski definition) is 5. The van der Waals surface area contributed by atoms with E-state index in [4.69, 9.17) is 10.3 Å². The van der Waals surface area contributed by atoms with E-state index in [1.165, 1.54) is 5.56 Å². The zero-order chi connectivity index (χ0) is 13.8. The van der Waals surface area contributed by atoms with Gasteiger partial charge >= 0.3 is 0 Å². The Kier molecular flexibility index (Phi) is 4.29. The van der Waals surface area contributed by atoms with Crippen LogP contribution in [0.2, 0.25) is 0 Å². The third kappa shape index (κ3) is 3.87. The molecule has 1 aromatic carbocycles. The molecule has 0 saturated heterocycles. The molecule has 0 saturated carbocycles. The molecular formula is C14H20N4O. The normalized spacial score (nSPS) is 12.9. The number of likely N-dealkylation sites (N-methyl/N-ethyl adjacent to an activating group) is 1. The summed E-state index contributed by atoms with van der Waals surface area (Å²) in [6, 6.07) is 8.04. The first-order chi connectivity index (χ1) is 9.04. The summed E-state index contributed by atoms with van der Waals surface area (Å²) in [5.74, 6) is 1.17. The van der Waals surface area contributed by atoms with Gasteiger partial charge in [0.25, 0.3) is 0 Å². The first-order valence-electron chi connectivity index (χ1n) is 6.33. The van der Waals surface area contributed by atoms with Crippen LogP contribution in [0.3, 0.4) is 0 Å². The van der Waals surface area contributed by atoms with Gasteiger partial charge in [-0.2, -0.15) is 4.98 Å². The number of nitrogens with two attached hydrogens (primary N) is 1. The third-order valence-electron chi connectivity index (χ3n) is 2.82. The number of nitrogens with zero attached hydrogens (tertiary/aromatic N) is 3. The highest BCUT2D eigenvalue weighted by atomic mass is 16.5. The Morgan fingerprint density at radius 3 is 2.84 bits per heavy atom.